The lowest BCUT2D eigenvalue weighted by molar-refractivity contribution is -0.144. The fourth-order valence-corrected chi connectivity index (χ4v) is 1.22. The predicted molar refractivity (Wildman–Crippen MR) is 47.1 cm³/mol. The highest BCUT2D eigenvalue weighted by atomic mass is 19.4. The van der Waals surface area contributed by atoms with Gasteiger partial charge in [0, 0.05) is 11.8 Å². The third-order valence-corrected chi connectivity index (χ3v) is 1.87. The molecule has 86 valence electrons. The number of halogens is 3. The van der Waals surface area contributed by atoms with E-state index in [1.807, 2.05) is 0 Å². The Hall–Kier alpha value is -1.86. The van der Waals surface area contributed by atoms with Gasteiger partial charge >= 0.3 is 6.18 Å². The van der Waals surface area contributed by atoms with Gasteiger partial charge < -0.3 is 4.74 Å². The molecule has 0 N–H and O–H groups in total. The maximum Gasteiger partial charge on any atom is 0.453 e. The van der Waals surface area contributed by atoms with Crippen molar-refractivity contribution in [1.82, 2.24) is 19.6 Å². The van der Waals surface area contributed by atoms with Gasteiger partial charge in [0.1, 0.15) is 0 Å². The number of ether oxygens (including phenoxy) is 1. The molecule has 2 heterocycles. The Bertz CT molecular complexity index is 534. The molecule has 0 radical (unpaired) electrons. The van der Waals surface area contributed by atoms with Crippen molar-refractivity contribution in [2.45, 2.75) is 13.1 Å². The smallest absolute Gasteiger partial charge is 0.453 e. The summed E-state index contributed by atoms with van der Waals surface area (Å²) in [6.07, 6.45) is -4.59. The van der Waals surface area contributed by atoms with Gasteiger partial charge in [-0.25, -0.2) is 4.98 Å². The molecule has 0 saturated carbocycles. The first-order valence-electron chi connectivity index (χ1n) is 4.27. The molecule has 2 aromatic rings. The van der Waals surface area contributed by atoms with Crippen molar-refractivity contribution in [3.05, 3.63) is 17.6 Å². The van der Waals surface area contributed by atoms with Gasteiger partial charge in [-0.3, -0.25) is 0 Å². The van der Waals surface area contributed by atoms with Crippen LogP contribution in [-0.4, -0.2) is 26.7 Å². The first-order chi connectivity index (χ1) is 7.41. The van der Waals surface area contributed by atoms with Crippen molar-refractivity contribution >= 4 is 5.78 Å². The van der Waals surface area contributed by atoms with Crippen molar-refractivity contribution in [2.24, 2.45) is 0 Å². The van der Waals surface area contributed by atoms with Crippen LogP contribution in [0.1, 0.15) is 11.5 Å². The number of rotatable bonds is 1. The van der Waals surface area contributed by atoms with Crippen LogP contribution in [0.5, 0.6) is 5.88 Å². The van der Waals surface area contributed by atoms with E-state index in [-0.39, 0.29) is 11.7 Å². The first kappa shape index (κ1) is 10.7. The van der Waals surface area contributed by atoms with Crippen molar-refractivity contribution < 1.29 is 17.9 Å². The molecule has 0 saturated heterocycles. The minimum absolute atomic E-state index is 0.135. The Labute approximate surface area is 87.9 Å². The monoisotopic (exact) mass is 232 g/mol. The van der Waals surface area contributed by atoms with Gasteiger partial charge in [0.25, 0.3) is 11.6 Å². The van der Waals surface area contributed by atoms with Crippen molar-refractivity contribution in [3.63, 3.8) is 0 Å². The fourth-order valence-electron chi connectivity index (χ4n) is 1.22. The number of aromatic nitrogens is 4. The van der Waals surface area contributed by atoms with Gasteiger partial charge in [-0.15, -0.1) is 5.10 Å². The van der Waals surface area contributed by atoms with E-state index in [9.17, 15) is 13.2 Å². The van der Waals surface area contributed by atoms with E-state index in [4.69, 9.17) is 4.74 Å². The lowest BCUT2D eigenvalue weighted by Gasteiger charge is -2.01. The topological polar surface area (TPSA) is 52.3 Å². The normalized spacial score (nSPS) is 12.1. The van der Waals surface area contributed by atoms with Crippen LogP contribution in [0.4, 0.5) is 13.2 Å². The van der Waals surface area contributed by atoms with Gasteiger partial charge in [0.15, 0.2) is 0 Å². The highest BCUT2D eigenvalue weighted by Crippen LogP contribution is 2.27. The Kier molecular flexibility index (Phi) is 2.21. The SMILES string of the molecule is COc1cc(C)nc2nc(C(F)(F)F)nn12. The third kappa shape index (κ3) is 1.66. The summed E-state index contributed by atoms with van der Waals surface area (Å²) in [5.74, 6) is -1.21. The van der Waals surface area contributed by atoms with Gasteiger partial charge in [-0.1, -0.05) is 0 Å². The van der Waals surface area contributed by atoms with E-state index in [1.165, 1.54) is 13.2 Å². The lowest BCUT2D eigenvalue weighted by atomic mass is 10.4. The standard InChI is InChI=1S/C8H7F3N4O/c1-4-3-5(16-2)15-7(12-4)13-6(14-15)8(9,10)11/h3H,1-2H3. The van der Waals surface area contributed by atoms with E-state index in [0.717, 1.165) is 4.52 Å². The Balaban J connectivity index is 2.70. The number of fused-ring (bicyclic) bond motifs is 1. The van der Waals surface area contributed by atoms with Crippen molar-refractivity contribution in [2.75, 3.05) is 7.11 Å². The van der Waals surface area contributed by atoms with Crippen LogP contribution in [0.15, 0.2) is 6.07 Å². The number of methoxy groups -OCH3 is 1. The maximum absolute atomic E-state index is 12.4. The average Bonchev–Trinajstić information content (AvgIpc) is 2.59. The van der Waals surface area contributed by atoms with Gasteiger partial charge in [-0.05, 0) is 6.92 Å². The zero-order valence-corrected chi connectivity index (χ0v) is 8.41. The molecule has 2 aromatic heterocycles. The third-order valence-electron chi connectivity index (χ3n) is 1.87. The van der Waals surface area contributed by atoms with Crippen molar-refractivity contribution in [3.8, 4) is 5.88 Å². The molecule has 0 spiro atoms. The molecule has 0 aliphatic carbocycles. The predicted octanol–water partition coefficient (Wildman–Crippen LogP) is 1.46. The molecule has 0 bridgehead atoms. The molecule has 5 nitrogen and oxygen atoms in total. The summed E-state index contributed by atoms with van der Waals surface area (Å²) in [6.45, 7) is 1.63. The lowest BCUT2D eigenvalue weighted by Crippen LogP contribution is -2.07. The summed E-state index contributed by atoms with van der Waals surface area (Å²) in [4.78, 5) is 7.12. The Morgan fingerprint density at radius 2 is 2.00 bits per heavy atom. The second kappa shape index (κ2) is 3.32. The summed E-state index contributed by atoms with van der Waals surface area (Å²) in [5, 5.41) is 3.29. The largest absolute Gasteiger partial charge is 0.481 e. The number of alkyl halides is 3. The Morgan fingerprint density at radius 3 is 2.56 bits per heavy atom. The first-order valence-corrected chi connectivity index (χ1v) is 4.27. The highest BCUT2D eigenvalue weighted by Gasteiger charge is 2.36. The maximum atomic E-state index is 12.4. The zero-order chi connectivity index (χ0) is 11.9. The molecule has 16 heavy (non-hydrogen) atoms. The van der Waals surface area contributed by atoms with Crippen LogP contribution in [0, 0.1) is 6.92 Å². The van der Waals surface area contributed by atoms with E-state index in [0.29, 0.717) is 5.69 Å². The molecule has 2 rings (SSSR count). The number of hydrogen-bond donors (Lipinski definition) is 0. The molecule has 0 aliphatic heterocycles. The van der Waals surface area contributed by atoms with Crippen LogP contribution in [0.2, 0.25) is 0 Å². The molecular weight excluding hydrogens is 225 g/mol. The second-order valence-corrected chi connectivity index (χ2v) is 3.08. The van der Waals surface area contributed by atoms with Crippen LogP contribution >= 0.6 is 0 Å². The van der Waals surface area contributed by atoms with Crippen LogP contribution in [-0.2, 0) is 6.18 Å². The number of aryl methyl sites for hydroxylation is 1. The Morgan fingerprint density at radius 1 is 1.31 bits per heavy atom. The van der Waals surface area contributed by atoms with E-state index >= 15 is 0 Å². The summed E-state index contributed by atoms with van der Waals surface area (Å²) < 4.78 is 42.9. The van der Waals surface area contributed by atoms with Crippen LogP contribution in [0.25, 0.3) is 5.78 Å². The van der Waals surface area contributed by atoms with Gasteiger partial charge in [0.2, 0.25) is 5.88 Å². The summed E-state index contributed by atoms with van der Waals surface area (Å²) >= 11 is 0. The van der Waals surface area contributed by atoms with E-state index < -0.39 is 12.0 Å². The minimum atomic E-state index is -4.59. The highest BCUT2D eigenvalue weighted by molar-refractivity contribution is 5.34. The molecule has 0 atom stereocenters. The molecule has 0 aromatic carbocycles. The van der Waals surface area contributed by atoms with Crippen molar-refractivity contribution in [1.29, 1.82) is 0 Å². The molecular formula is C8H7F3N4O. The molecule has 0 fully saturated rings. The summed E-state index contributed by atoms with van der Waals surface area (Å²) in [6, 6.07) is 1.47. The minimum Gasteiger partial charge on any atom is -0.481 e. The molecule has 0 amide bonds. The van der Waals surface area contributed by atoms with Crippen LogP contribution in [0.3, 0.4) is 0 Å². The molecule has 0 aliphatic rings. The zero-order valence-electron chi connectivity index (χ0n) is 8.41. The summed E-state index contributed by atoms with van der Waals surface area (Å²) in [5.41, 5.74) is 0.505. The average molecular weight is 232 g/mol. The summed E-state index contributed by atoms with van der Waals surface area (Å²) in [7, 11) is 1.34. The molecule has 8 heteroatoms. The van der Waals surface area contributed by atoms with Crippen LogP contribution < -0.4 is 4.74 Å². The van der Waals surface area contributed by atoms with Gasteiger partial charge in [0.05, 0.1) is 7.11 Å². The van der Waals surface area contributed by atoms with E-state index in [1.54, 1.807) is 6.92 Å². The number of nitrogens with zero attached hydrogens (tertiary/aromatic N) is 4. The quantitative estimate of drug-likeness (QED) is 0.746. The van der Waals surface area contributed by atoms with E-state index in [2.05, 4.69) is 15.1 Å². The second-order valence-electron chi connectivity index (χ2n) is 3.08. The van der Waals surface area contributed by atoms with Gasteiger partial charge in [-0.2, -0.15) is 22.7 Å². The fraction of sp³-hybridized carbons (Fsp3) is 0.375. The number of hydrogen-bond acceptors (Lipinski definition) is 4. The molecule has 0 unspecified atom stereocenters.